The van der Waals surface area contributed by atoms with Crippen LogP contribution in [0.4, 0.5) is 11.4 Å². The fraction of sp³-hybridized carbons (Fsp3) is 0.333. The van der Waals surface area contributed by atoms with E-state index in [0.717, 1.165) is 16.8 Å². The lowest BCUT2D eigenvalue weighted by Gasteiger charge is -2.29. The van der Waals surface area contributed by atoms with Gasteiger partial charge in [0.25, 0.3) is 0 Å². The molecule has 1 heterocycles. The van der Waals surface area contributed by atoms with Gasteiger partial charge in [-0.1, -0.05) is 37.3 Å². The van der Waals surface area contributed by atoms with Crippen molar-refractivity contribution in [2.75, 3.05) is 38.0 Å². The van der Waals surface area contributed by atoms with Crippen molar-refractivity contribution in [3.63, 3.8) is 0 Å². The number of rotatable bonds is 11. The monoisotopic (exact) mass is 463 g/mol. The highest BCUT2D eigenvalue weighted by Crippen LogP contribution is 2.28. The quantitative estimate of drug-likeness (QED) is 0.448. The lowest BCUT2D eigenvalue weighted by atomic mass is 9.94. The minimum absolute atomic E-state index is 0.0247. The zero-order valence-electron chi connectivity index (χ0n) is 20.3. The molecule has 2 amide bonds. The predicted molar refractivity (Wildman–Crippen MR) is 134 cm³/mol. The number of ether oxygens (including phenoxy) is 1. The molecule has 180 valence electrons. The van der Waals surface area contributed by atoms with Crippen molar-refractivity contribution in [3.05, 3.63) is 83.8 Å². The first kappa shape index (κ1) is 25.1. The van der Waals surface area contributed by atoms with Crippen LogP contribution < -0.4 is 10.2 Å². The minimum atomic E-state index is -0.261. The van der Waals surface area contributed by atoms with Crippen LogP contribution in [0.5, 0.6) is 0 Å². The largest absolute Gasteiger partial charge is 0.467 e. The molecular formula is C27H33N3O4. The highest BCUT2D eigenvalue weighted by atomic mass is 16.5. The summed E-state index contributed by atoms with van der Waals surface area (Å²) >= 11 is 0. The van der Waals surface area contributed by atoms with Gasteiger partial charge < -0.3 is 24.3 Å². The second-order valence-electron chi connectivity index (χ2n) is 8.36. The highest BCUT2D eigenvalue weighted by Gasteiger charge is 2.26. The maximum atomic E-state index is 13.8. The van der Waals surface area contributed by atoms with Crippen molar-refractivity contribution in [1.29, 1.82) is 0 Å². The van der Waals surface area contributed by atoms with Gasteiger partial charge in [-0.05, 0) is 47.9 Å². The Morgan fingerprint density at radius 2 is 1.79 bits per heavy atom. The first-order chi connectivity index (χ1) is 16.4. The van der Waals surface area contributed by atoms with Gasteiger partial charge in [0, 0.05) is 39.1 Å². The molecule has 0 fully saturated rings. The number of hydrogen-bond donors (Lipinski definition) is 1. The van der Waals surface area contributed by atoms with Crippen LogP contribution in [-0.4, -0.2) is 44.5 Å². The number of hydrogen-bond acceptors (Lipinski definition) is 5. The number of methoxy groups -OCH3 is 1. The molecule has 1 aromatic heterocycles. The average Bonchev–Trinajstić information content (AvgIpc) is 3.33. The Hall–Kier alpha value is -3.58. The van der Waals surface area contributed by atoms with Gasteiger partial charge in [0.15, 0.2) is 0 Å². The van der Waals surface area contributed by atoms with E-state index in [4.69, 9.17) is 9.15 Å². The standard InChI is InChI=1S/C27H33N3O4/c1-5-24(20-10-7-6-8-11-20)27(32)30(18-23-12-9-15-34-23)17-21-16-22(28-26(31)19-33-4)13-14-25(21)29(2)3/h6-16,24H,5,17-19H2,1-4H3,(H,28,31). The van der Waals surface area contributed by atoms with Crippen molar-refractivity contribution in [2.45, 2.75) is 32.4 Å². The highest BCUT2D eigenvalue weighted by molar-refractivity contribution is 5.92. The van der Waals surface area contributed by atoms with E-state index in [1.165, 1.54) is 7.11 Å². The molecule has 7 heteroatoms. The van der Waals surface area contributed by atoms with Crippen LogP contribution in [0.1, 0.15) is 36.1 Å². The fourth-order valence-electron chi connectivity index (χ4n) is 4.02. The summed E-state index contributed by atoms with van der Waals surface area (Å²) in [4.78, 5) is 29.7. The predicted octanol–water partition coefficient (Wildman–Crippen LogP) is 4.65. The van der Waals surface area contributed by atoms with Crippen LogP contribution in [-0.2, 0) is 27.4 Å². The van der Waals surface area contributed by atoms with Crippen molar-refractivity contribution >= 4 is 23.2 Å². The third-order valence-corrected chi connectivity index (χ3v) is 5.63. The molecule has 1 atom stereocenters. The number of anilines is 2. The third kappa shape index (κ3) is 6.48. The van der Waals surface area contributed by atoms with Crippen molar-refractivity contribution in [3.8, 4) is 0 Å². The number of benzene rings is 2. The maximum Gasteiger partial charge on any atom is 0.250 e. The molecule has 0 saturated carbocycles. The maximum absolute atomic E-state index is 13.8. The molecule has 0 saturated heterocycles. The number of nitrogens with one attached hydrogen (secondary N) is 1. The van der Waals surface area contributed by atoms with E-state index in [1.807, 2.05) is 91.5 Å². The van der Waals surface area contributed by atoms with Gasteiger partial charge >= 0.3 is 0 Å². The van der Waals surface area contributed by atoms with E-state index in [1.54, 1.807) is 6.26 Å². The fourth-order valence-corrected chi connectivity index (χ4v) is 4.02. The number of nitrogens with zero attached hydrogens (tertiary/aromatic N) is 2. The lowest BCUT2D eigenvalue weighted by molar-refractivity contribution is -0.134. The van der Waals surface area contributed by atoms with Gasteiger partial charge in [0.2, 0.25) is 11.8 Å². The molecule has 1 N–H and O–H groups in total. The molecule has 0 aliphatic carbocycles. The molecule has 3 rings (SSSR count). The molecule has 2 aromatic carbocycles. The van der Waals surface area contributed by atoms with Gasteiger partial charge in [-0.3, -0.25) is 9.59 Å². The van der Waals surface area contributed by atoms with Crippen LogP contribution in [0.25, 0.3) is 0 Å². The average molecular weight is 464 g/mol. The van der Waals surface area contributed by atoms with E-state index in [9.17, 15) is 9.59 Å². The molecule has 0 aliphatic heterocycles. The van der Waals surface area contributed by atoms with Gasteiger partial charge in [-0.15, -0.1) is 0 Å². The Balaban J connectivity index is 1.95. The number of amides is 2. The van der Waals surface area contributed by atoms with Crippen LogP contribution >= 0.6 is 0 Å². The van der Waals surface area contributed by atoms with E-state index in [-0.39, 0.29) is 24.3 Å². The smallest absolute Gasteiger partial charge is 0.250 e. The van der Waals surface area contributed by atoms with Crippen molar-refractivity contribution < 1.29 is 18.7 Å². The molecular weight excluding hydrogens is 430 g/mol. The normalized spacial score (nSPS) is 11.6. The molecule has 3 aromatic rings. The number of carbonyl (C=O) groups excluding carboxylic acids is 2. The number of furan rings is 1. The Morgan fingerprint density at radius 3 is 2.41 bits per heavy atom. The second kappa shape index (κ2) is 12.0. The van der Waals surface area contributed by atoms with Gasteiger partial charge in [-0.2, -0.15) is 0 Å². The van der Waals surface area contributed by atoms with E-state index >= 15 is 0 Å². The first-order valence-electron chi connectivity index (χ1n) is 11.4. The van der Waals surface area contributed by atoms with Crippen molar-refractivity contribution in [2.24, 2.45) is 0 Å². The molecule has 0 bridgehead atoms. The molecule has 34 heavy (non-hydrogen) atoms. The van der Waals surface area contributed by atoms with Crippen LogP contribution in [0.2, 0.25) is 0 Å². The zero-order valence-corrected chi connectivity index (χ0v) is 20.3. The van der Waals surface area contributed by atoms with Gasteiger partial charge in [0.05, 0.1) is 18.7 Å². The second-order valence-corrected chi connectivity index (χ2v) is 8.36. The Bertz CT molecular complexity index is 1060. The van der Waals surface area contributed by atoms with Gasteiger partial charge in [0.1, 0.15) is 12.4 Å². The molecule has 7 nitrogen and oxygen atoms in total. The summed E-state index contributed by atoms with van der Waals surface area (Å²) in [6.07, 6.45) is 2.30. The molecule has 1 unspecified atom stereocenters. The Morgan fingerprint density at radius 1 is 1.03 bits per heavy atom. The number of carbonyl (C=O) groups is 2. The van der Waals surface area contributed by atoms with Crippen LogP contribution in [0.15, 0.2) is 71.3 Å². The van der Waals surface area contributed by atoms with Crippen LogP contribution in [0, 0.1) is 0 Å². The van der Waals surface area contributed by atoms with E-state index < -0.39 is 0 Å². The van der Waals surface area contributed by atoms with E-state index in [2.05, 4.69) is 5.32 Å². The SMILES string of the molecule is CCC(C(=O)N(Cc1ccco1)Cc1cc(NC(=O)COC)ccc1N(C)C)c1ccccc1. The van der Waals surface area contributed by atoms with Crippen LogP contribution in [0.3, 0.4) is 0 Å². The zero-order chi connectivity index (χ0) is 24.5. The summed E-state index contributed by atoms with van der Waals surface area (Å²) in [5.74, 6) is 0.254. The Labute approximate surface area is 201 Å². The van der Waals surface area contributed by atoms with Crippen molar-refractivity contribution in [1.82, 2.24) is 4.90 Å². The summed E-state index contributed by atoms with van der Waals surface area (Å²) in [6.45, 7) is 2.72. The molecule has 0 radical (unpaired) electrons. The van der Waals surface area contributed by atoms with Gasteiger partial charge in [-0.25, -0.2) is 0 Å². The summed E-state index contributed by atoms with van der Waals surface area (Å²) in [7, 11) is 5.40. The first-order valence-corrected chi connectivity index (χ1v) is 11.4. The molecule has 0 spiro atoms. The third-order valence-electron chi connectivity index (χ3n) is 5.63. The summed E-state index contributed by atoms with van der Waals surface area (Å²) < 4.78 is 10.5. The molecule has 0 aliphatic rings. The summed E-state index contributed by atoms with van der Waals surface area (Å²) in [5, 5.41) is 2.85. The minimum Gasteiger partial charge on any atom is -0.467 e. The Kier molecular flexibility index (Phi) is 8.87. The lowest BCUT2D eigenvalue weighted by Crippen LogP contribution is -2.34. The summed E-state index contributed by atoms with van der Waals surface area (Å²) in [5.41, 5.74) is 3.54. The summed E-state index contributed by atoms with van der Waals surface area (Å²) in [6, 6.07) is 19.3. The van der Waals surface area contributed by atoms with E-state index in [0.29, 0.717) is 31.0 Å². The topological polar surface area (TPSA) is 75.0 Å².